The number of ether oxygens (including phenoxy) is 1. The van der Waals surface area contributed by atoms with Crippen molar-refractivity contribution in [3.8, 4) is 5.75 Å². The van der Waals surface area contributed by atoms with Gasteiger partial charge in [-0.3, -0.25) is 4.79 Å². The Kier molecular flexibility index (Phi) is 7.04. The number of carbonyl (C=O) groups is 1. The number of nitrogens with two attached hydrogens (primary N) is 1. The molecule has 0 spiro atoms. The third-order valence-corrected chi connectivity index (χ3v) is 6.23. The Morgan fingerprint density at radius 3 is 2.60 bits per heavy atom. The molecule has 0 fully saturated rings. The van der Waals surface area contributed by atoms with Gasteiger partial charge in [-0.05, 0) is 45.5 Å². The maximum atomic E-state index is 12.4. The number of nitrogens with zero attached hydrogens (tertiary/aromatic N) is 4. The maximum absolute atomic E-state index is 12.4. The Hall–Kier alpha value is -2.52. The number of aromatic nitrogens is 3. The SMILES string of the molecule is CN(Cc1ccsc1)C(=O)CSc1nnc(COc2ccc(C(C)(C)C)cc2)n1N. The quantitative estimate of drug-likeness (QED) is 0.420. The highest BCUT2D eigenvalue weighted by Gasteiger charge is 2.16. The Labute approximate surface area is 185 Å². The molecule has 1 amide bonds. The van der Waals surface area contributed by atoms with Gasteiger partial charge in [-0.1, -0.05) is 44.7 Å². The highest BCUT2D eigenvalue weighted by Crippen LogP contribution is 2.24. The molecular formula is C21H27N5O2S2. The number of nitrogen functional groups attached to an aromatic ring is 1. The van der Waals surface area contributed by atoms with Crippen molar-refractivity contribution in [1.29, 1.82) is 0 Å². The molecule has 30 heavy (non-hydrogen) atoms. The zero-order chi connectivity index (χ0) is 21.7. The zero-order valence-corrected chi connectivity index (χ0v) is 19.3. The summed E-state index contributed by atoms with van der Waals surface area (Å²) in [5.74, 6) is 7.57. The summed E-state index contributed by atoms with van der Waals surface area (Å²) in [4.78, 5) is 14.0. The fourth-order valence-electron chi connectivity index (χ4n) is 2.68. The monoisotopic (exact) mass is 445 g/mol. The molecule has 9 heteroatoms. The van der Waals surface area contributed by atoms with Gasteiger partial charge in [0.05, 0.1) is 5.75 Å². The van der Waals surface area contributed by atoms with Crippen LogP contribution in [0.5, 0.6) is 5.75 Å². The highest BCUT2D eigenvalue weighted by molar-refractivity contribution is 7.99. The Bertz CT molecular complexity index is 962. The van der Waals surface area contributed by atoms with E-state index in [1.54, 1.807) is 23.3 Å². The van der Waals surface area contributed by atoms with Crippen LogP contribution in [0, 0.1) is 0 Å². The molecule has 3 rings (SSSR count). The number of amides is 1. The van der Waals surface area contributed by atoms with Crippen LogP contribution in [0.25, 0.3) is 0 Å². The van der Waals surface area contributed by atoms with Crippen molar-refractivity contribution in [3.63, 3.8) is 0 Å². The van der Waals surface area contributed by atoms with E-state index in [4.69, 9.17) is 10.6 Å². The van der Waals surface area contributed by atoms with Gasteiger partial charge in [-0.2, -0.15) is 11.3 Å². The molecule has 0 saturated carbocycles. The molecule has 2 heterocycles. The summed E-state index contributed by atoms with van der Waals surface area (Å²) in [6.45, 7) is 7.30. The predicted molar refractivity (Wildman–Crippen MR) is 121 cm³/mol. The van der Waals surface area contributed by atoms with Crippen LogP contribution in [0.15, 0.2) is 46.2 Å². The number of thioether (sulfide) groups is 1. The van der Waals surface area contributed by atoms with E-state index in [-0.39, 0.29) is 23.7 Å². The van der Waals surface area contributed by atoms with Crippen LogP contribution in [-0.2, 0) is 23.4 Å². The van der Waals surface area contributed by atoms with Crippen LogP contribution in [0.1, 0.15) is 37.7 Å². The number of hydrogen-bond donors (Lipinski definition) is 1. The topological polar surface area (TPSA) is 86.3 Å². The molecule has 0 aliphatic heterocycles. The first kappa shape index (κ1) is 22.2. The van der Waals surface area contributed by atoms with Gasteiger partial charge in [-0.25, -0.2) is 4.68 Å². The minimum Gasteiger partial charge on any atom is -0.486 e. The average Bonchev–Trinajstić information content (AvgIpc) is 3.34. The van der Waals surface area contributed by atoms with Gasteiger partial charge in [0.25, 0.3) is 0 Å². The Morgan fingerprint density at radius 2 is 1.97 bits per heavy atom. The van der Waals surface area contributed by atoms with Gasteiger partial charge >= 0.3 is 0 Å². The second-order valence-electron chi connectivity index (χ2n) is 8.00. The summed E-state index contributed by atoms with van der Waals surface area (Å²) in [5, 5.41) is 12.7. The fraction of sp³-hybridized carbons (Fsp3) is 0.381. The summed E-state index contributed by atoms with van der Waals surface area (Å²) < 4.78 is 7.17. The van der Waals surface area contributed by atoms with E-state index in [0.717, 1.165) is 11.3 Å². The Morgan fingerprint density at radius 1 is 1.23 bits per heavy atom. The van der Waals surface area contributed by atoms with E-state index in [9.17, 15) is 4.79 Å². The second kappa shape index (κ2) is 9.53. The van der Waals surface area contributed by atoms with Crippen LogP contribution < -0.4 is 10.6 Å². The number of carbonyl (C=O) groups excluding carboxylic acids is 1. The summed E-state index contributed by atoms with van der Waals surface area (Å²) in [6.07, 6.45) is 0. The molecule has 0 aliphatic carbocycles. The minimum atomic E-state index is 0.00550. The highest BCUT2D eigenvalue weighted by atomic mass is 32.2. The molecule has 0 bridgehead atoms. The van der Waals surface area contributed by atoms with Gasteiger partial charge in [0.1, 0.15) is 12.4 Å². The lowest BCUT2D eigenvalue weighted by Crippen LogP contribution is -2.28. The van der Waals surface area contributed by atoms with E-state index < -0.39 is 0 Å². The standard InChI is InChI=1S/C21H27N5O2S2/c1-21(2,3)16-5-7-17(8-6-16)28-12-18-23-24-20(26(18)22)30-14-19(27)25(4)11-15-9-10-29-13-15/h5-10,13H,11-12,14,22H2,1-4H3. The molecule has 2 aromatic heterocycles. The second-order valence-corrected chi connectivity index (χ2v) is 9.72. The van der Waals surface area contributed by atoms with Gasteiger partial charge in [0, 0.05) is 13.6 Å². The van der Waals surface area contributed by atoms with Gasteiger partial charge in [0.2, 0.25) is 11.1 Å². The molecule has 7 nitrogen and oxygen atoms in total. The van der Waals surface area contributed by atoms with Crippen molar-refractivity contribution < 1.29 is 9.53 Å². The lowest BCUT2D eigenvalue weighted by molar-refractivity contribution is -0.127. The summed E-state index contributed by atoms with van der Waals surface area (Å²) >= 11 is 2.88. The molecule has 0 radical (unpaired) electrons. The largest absolute Gasteiger partial charge is 0.486 e. The molecular weight excluding hydrogens is 418 g/mol. The summed E-state index contributed by atoms with van der Waals surface area (Å²) in [5.41, 5.74) is 2.46. The van der Waals surface area contributed by atoms with Gasteiger partial charge < -0.3 is 15.5 Å². The normalized spacial score (nSPS) is 11.5. The number of benzene rings is 1. The third-order valence-electron chi connectivity index (χ3n) is 4.57. The average molecular weight is 446 g/mol. The molecule has 0 unspecified atom stereocenters. The van der Waals surface area contributed by atoms with Crippen LogP contribution in [0.4, 0.5) is 0 Å². The molecule has 0 saturated heterocycles. The van der Waals surface area contributed by atoms with E-state index in [1.807, 2.05) is 29.0 Å². The van der Waals surface area contributed by atoms with Crippen molar-refractivity contribution in [3.05, 3.63) is 58.0 Å². The smallest absolute Gasteiger partial charge is 0.233 e. The Balaban J connectivity index is 1.51. The zero-order valence-electron chi connectivity index (χ0n) is 17.7. The summed E-state index contributed by atoms with van der Waals surface area (Å²) in [7, 11) is 1.79. The lowest BCUT2D eigenvalue weighted by Gasteiger charge is -2.19. The third kappa shape index (κ3) is 5.76. The van der Waals surface area contributed by atoms with Crippen LogP contribution in [-0.4, -0.2) is 38.5 Å². The van der Waals surface area contributed by atoms with Gasteiger partial charge in [-0.15, -0.1) is 10.2 Å². The van der Waals surface area contributed by atoms with Crippen molar-refractivity contribution in [2.75, 3.05) is 18.6 Å². The molecule has 0 atom stereocenters. The number of thiophene rings is 1. The van der Waals surface area contributed by atoms with Crippen LogP contribution in [0.3, 0.4) is 0 Å². The first-order chi connectivity index (χ1) is 14.2. The lowest BCUT2D eigenvalue weighted by atomic mass is 9.87. The minimum absolute atomic E-state index is 0.00550. The molecule has 1 aromatic carbocycles. The first-order valence-electron chi connectivity index (χ1n) is 9.54. The fourth-order valence-corrected chi connectivity index (χ4v) is 4.16. The molecule has 2 N–H and O–H groups in total. The van der Waals surface area contributed by atoms with Gasteiger partial charge in [0.15, 0.2) is 5.82 Å². The predicted octanol–water partition coefficient (Wildman–Crippen LogP) is 3.68. The van der Waals surface area contributed by atoms with Crippen LogP contribution in [0.2, 0.25) is 0 Å². The summed E-state index contributed by atoms with van der Waals surface area (Å²) in [6, 6.07) is 10.0. The van der Waals surface area contributed by atoms with E-state index in [2.05, 4.69) is 43.1 Å². The molecule has 3 aromatic rings. The van der Waals surface area contributed by atoms with Crippen molar-refractivity contribution in [1.82, 2.24) is 19.8 Å². The molecule has 0 aliphatic rings. The number of hydrogen-bond acceptors (Lipinski definition) is 7. The van der Waals surface area contributed by atoms with E-state index in [0.29, 0.717) is 17.5 Å². The first-order valence-corrected chi connectivity index (χ1v) is 11.5. The van der Waals surface area contributed by atoms with Crippen molar-refractivity contribution in [2.45, 2.75) is 44.5 Å². The van der Waals surface area contributed by atoms with Crippen LogP contribution >= 0.6 is 23.1 Å². The number of rotatable bonds is 8. The maximum Gasteiger partial charge on any atom is 0.233 e. The van der Waals surface area contributed by atoms with E-state index in [1.165, 1.54) is 22.0 Å². The van der Waals surface area contributed by atoms with Crippen molar-refractivity contribution >= 4 is 29.0 Å². The molecule has 160 valence electrons. The van der Waals surface area contributed by atoms with E-state index >= 15 is 0 Å². The van der Waals surface area contributed by atoms with Crippen molar-refractivity contribution in [2.24, 2.45) is 0 Å².